The number of rotatable bonds is 5. The van der Waals surface area contributed by atoms with Gasteiger partial charge in [0.15, 0.2) is 0 Å². The Hall–Kier alpha value is -2.99. The highest BCUT2D eigenvalue weighted by Crippen LogP contribution is 2.20. The number of benzene rings is 1. The molecular weight excluding hydrogens is 336 g/mol. The second-order valence-corrected chi connectivity index (χ2v) is 6.09. The van der Waals surface area contributed by atoms with Crippen molar-refractivity contribution in [2.24, 2.45) is 0 Å². The molecule has 0 radical (unpaired) electrons. The smallest absolute Gasteiger partial charge is 0.337 e. The summed E-state index contributed by atoms with van der Waals surface area (Å²) < 4.78 is 4.64. The van der Waals surface area contributed by atoms with E-state index in [9.17, 15) is 9.59 Å². The van der Waals surface area contributed by atoms with E-state index in [0.717, 1.165) is 16.8 Å². The summed E-state index contributed by atoms with van der Waals surface area (Å²) in [6.45, 7) is 0.400. The molecule has 126 valence electrons. The van der Waals surface area contributed by atoms with Crippen LogP contribution >= 0.6 is 11.3 Å². The molecule has 0 aliphatic rings. The van der Waals surface area contributed by atoms with Crippen molar-refractivity contribution in [3.05, 3.63) is 76.1 Å². The lowest BCUT2D eigenvalue weighted by Crippen LogP contribution is -2.22. The lowest BCUT2D eigenvalue weighted by Gasteiger charge is -2.07. The number of methoxy groups -OCH3 is 1. The van der Waals surface area contributed by atoms with Gasteiger partial charge in [0, 0.05) is 29.2 Å². The third kappa shape index (κ3) is 4.10. The molecule has 3 rings (SSSR count). The first-order valence-corrected chi connectivity index (χ1v) is 8.56. The summed E-state index contributed by atoms with van der Waals surface area (Å²) in [5.74, 6) is -0.630. The van der Waals surface area contributed by atoms with Gasteiger partial charge in [-0.2, -0.15) is 11.3 Å². The minimum Gasteiger partial charge on any atom is -0.465 e. The number of amides is 1. The Morgan fingerprint density at radius 2 is 1.88 bits per heavy atom. The van der Waals surface area contributed by atoms with Gasteiger partial charge < -0.3 is 10.1 Å². The second-order valence-electron chi connectivity index (χ2n) is 5.31. The monoisotopic (exact) mass is 352 g/mol. The summed E-state index contributed by atoms with van der Waals surface area (Å²) in [6, 6.07) is 12.2. The van der Waals surface area contributed by atoms with Crippen molar-refractivity contribution in [2.45, 2.75) is 6.54 Å². The molecule has 0 atom stereocenters. The molecule has 0 aliphatic carbocycles. The maximum absolute atomic E-state index is 12.2. The van der Waals surface area contributed by atoms with Crippen LogP contribution in [0.4, 0.5) is 0 Å². The predicted molar refractivity (Wildman–Crippen MR) is 96.5 cm³/mol. The summed E-state index contributed by atoms with van der Waals surface area (Å²) in [6.07, 6.45) is 1.74. The van der Waals surface area contributed by atoms with Crippen LogP contribution in [0.25, 0.3) is 11.3 Å². The third-order valence-electron chi connectivity index (χ3n) is 3.66. The van der Waals surface area contributed by atoms with Gasteiger partial charge in [-0.05, 0) is 53.4 Å². The summed E-state index contributed by atoms with van der Waals surface area (Å²) in [5.41, 5.74) is 3.82. The van der Waals surface area contributed by atoms with E-state index < -0.39 is 5.97 Å². The average Bonchev–Trinajstić information content (AvgIpc) is 3.20. The molecule has 6 heteroatoms. The topological polar surface area (TPSA) is 68.3 Å². The van der Waals surface area contributed by atoms with Crippen LogP contribution < -0.4 is 5.32 Å². The van der Waals surface area contributed by atoms with Crippen molar-refractivity contribution in [3.63, 3.8) is 0 Å². The number of nitrogens with one attached hydrogen (secondary N) is 1. The molecule has 1 aromatic carbocycles. The van der Waals surface area contributed by atoms with Gasteiger partial charge in [0.1, 0.15) is 0 Å². The number of hydrogen-bond acceptors (Lipinski definition) is 5. The number of pyridine rings is 1. The molecule has 0 saturated carbocycles. The number of nitrogens with zero attached hydrogens (tertiary/aromatic N) is 1. The summed E-state index contributed by atoms with van der Waals surface area (Å²) in [5, 5.41) is 6.91. The first kappa shape index (κ1) is 16.9. The fourth-order valence-electron chi connectivity index (χ4n) is 2.31. The Bertz CT molecular complexity index is 874. The van der Waals surface area contributed by atoms with E-state index in [1.165, 1.54) is 7.11 Å². The van der Waals surface area contributed by atoms with Crippen molar-refractivity contribution in [1.82, 2.24) is 10.3 Å². The number of esters is 1. The minimum atomic E-state index is -0.426. The molecule has 0 spiro atoms. The van der Waals surface area contributed by atoms with Gasteiger partial charge in [-0.1, -0.05) is 0 Å². The molecule has 0 fully saturated rings. The van der Waals surface area contributed by atoms with E-state index in [1.54, 1.807) is 41.8 Å². The van der Waals surface area contributed by atoms with Crippen LogP contribution in [-0.2, 0) is 11.3 Å². The van der Waals surface area contributed by atoms with Gasteiger partial charge in [0.25, 0.3) is 5.91 Å². The van der Waals surface area contributed by atoms with Crippen LogP contribution in [-0.4, -0.2) is 24.0 Å². The number of ether oxygens (including phenoxy) is 1. The van der Waals surface area contributed by atoms with Crippen molar-refractivity contribution in [1.29, 1.82) is 0 Å². The molecule has 25 heavy (non-hydrogen) atoms. The molecule has 3 aromatic rings. The second kappa shape index (κ2) is 7.72. The third-order valence-corrected chi connectivity index (χ3v) is 4.35. The number of hydrogen-bond donors (Lipinski definition) is 1. The van der Waals surface area contributed by atoms with E-state index in [-0.39, 0.29) is 5.91 Å². The maximum atomic E-state index is 12.2. The molecule has 0 saturated heterocycles. The van der Waals surface area contributed by atoms with Crippen LogP contribution in [0.1, 0.15) is 26.3 Å². The van der Waals surface area contributed by atoms with Crippen LogP contribution in [0.3, 0.4) is 0 Å². The average molecular weight is 352 g/mol. The van der Waals surface area contributed by atoms with Crippen LogP contribution in [0.15, 0.2) is 59.4 Å². The Balaban J connectivity index is 1.64. The number of carbonyl (C=O) groups is 2. The van der Waals surface area contributed by atoms with E-state index in [0.29, 0.717) is 17.7 Å². The van der Waals surface area contributed by atoms with Gasteiger partial charge in [0.05, 0.1) is 18.4 Å². The first-order valence-electron chi connectivity index (χ1n) is 7.61. The van der Waals surface area contributed by atoms with Crippen LogP contribution in [0.5, 0.6) is 0 Å². The molecule has 2 heterocycles. The molecule has 5 nitrogen and oxygen atoms in total. The van der Waals surface area contributed by atoms with Crippen molar-refractivity contribution >= 4 is 23.2 Å². The van der Waals surface area contributed by atoms with Crippen LogP contribution in [0.2, 0.25) is 0 Å². The van der Waals surface area contributed by atoms with Crippen molar-refractivity contribution in [2.75, 3.05) is 7.11 Å². The molecule has 0 unspecified atom stereocenters. The zero-order chi connectivity index (χ0) is 17.6. The highest BCUT2D eigenvalue weighted by atomic mass is 32.1. The maximum Gasteiger partial charge on any atom is 0.337 e. The Kier molecular flexibility index (Phi) is 5.20. The SMILES string of the molecule is COC(=O)c1ccc(C(=O)NCc2ccnc(-c3ccsc3)c2)cc1. The zero-order valence-electron chi connectivity index (χ0n) is 13.6. The van der Waals surface area contributed by atoms with Crippen molar-refractivity contribution in [3.8, 4) is 11.3 Å². The summed E-state index contributed by atoms with van der Waals surface area (Å²) in [7, 11) is 1.32. The highest BCUT2D eigenvalue weighted by molar-refractivity contribution is 7.08. The normalized spacial score (nSPS) is 10.3. The van der Waals surface area contributed by atoms with E-state index >= 15 is 0 Å². The molecule has 1 N–H and O–H groups in total. The number of carbonyl (C=O) groups excluding carboxylic acids is 2. The van der Waals surface area contributed by atoms with E-state index in [1.807, 2.05) is 29.0 Å². The van der Waals surface area contributed by atoms with Gasteiger partial charge in [0.2, 0.25) is 0 Å². The van der Waals surface area contributed by atoms with Gasteiger partial charge >= 0.3 is 5.97 Å². The predicted octanol–water partition coefficient (Wildman–Crippen LogP) is 3.53. The quantitative estimate of drug-likeness (QED) is 0.713. The van der Waals surface area contributed by atoms with E-state index in [4.69, 9.17) is 0 Å². The van der Waals surface area contributed by atoms with Crippen LogP contribution in [0, 0.1) is 0 Å². The molecule has 2 aromatic heterocycles. The molecule has 0 bridgehead atoms. The molecule has 1 amide bonds. The fraction of sp³-hybridized carbons (Fsp3) is 0.105. The Morgan fingerprint density at radius 3 is 2.56 bits per heavy atom. The Labute approximate surface area is 149 Å². The largest absolute Gasteiger partial charge is 0.465 e. The van der Waals surface area contributed by atoms with Gasteiger partial charge in [-0.3, -0.25) is 9.78 Å². The standard InChI is InChI=1S/C19H16N2O3S/c1-24-19(23)15-4-2-14(3-5-15)18(22)21-11-13-6-8-20-17(10-13)16-7-9-25-12-16/h2-10,12H,11H2,1H3,(H,21,22). The number of aromatic nitrogens is 1. The summed E-state index contributed by atoms with van der Waals surface area (Å²) >= 11 is 1.62. The Morgan fingerprint density at radius 1 is 1.12 bits per heavy atom. The first-order chi connectivity index (χ1) is 12.2. The fourth-order valence-corrected chi connectivity index (χ4v) is 2.96. The lowest BCUT2D eigenvalue weighted by molar-refractivity contribution is 0.0600. The summed E-state index contributed by atoms with van der Waals surface area (Å²) in [4.78, 5) is 28.0. The van der Waals surface area contributed by atoms with E-state index in [2.05, 4.69) is 15.0 Å². The zero-order valence-corrected chi connectivity index (χ0v) is 14.4. The number of thiophene rings is 1. The molecular formula is C19H16N2O3S. The highest BCUT2D eigenvalue weighted by Gasteiger charge is 2.09. The van der Waals surface area contributed by atoms with Gasteiger partial charge in [-0.25, -0.2) is 4.79 Å². The van der Waals surface area contributed by atoms with Gasteiger partial charge in [-0.15, -0.1) is 0 Å². The molecule has 0 aliphatic heterocycles. The minimum absolute atomic E-state index is 0.203. The van der Waals surface area contributed by atoms with Crippen molar-refractivity contribution < 1.29 is 14.3 Å². The lowest BCUT2D eigenvalue weighted by atomic mass is 10.1.